The van der Waals surface area contributed by atoms with Crippen LogP contribution in [0.5, 0.6) is 0 Å². The molecule has 0 heterocycles. The number of ether oxygens (including phenoxy) is 1. The highest BCUT2D eigenvalue weighted by Crippen LogP contribution is 2.44. The normalized spacial score (nSPS) is 14.6. The third kappa shape index (κ3) is 4.49. The van der Waals surface area contributed by atoms with Crippen molar-refractivity contribution in [1.29, 1.82) is 0 Å². The molecule has 3 aromatic carbocycles. The van der Waals surface area contributed by atoms with E-state index in [2.05, 4.69) is 22.6 Å². The molecule has 164 valence electrons. The number of carbonyl (C=O) groups is 1. The number of aliphatic hydroxyl groups is 2. The minimum Gasteiger partial charge on any atom is -0.449 e. The van der Waals surface area contributed by atoms with Gasteiger partial charge in [-0.1, -0.05) is 71.9 Å². The fourth-order valence-electron chi connectivity index (χ4n) is 4.06. The van der Waals surface area contributed by atoms with Crippen molar-refractivity contribution in [3.8, 4) is 11.1 Å². The van der Waals surface area contributed by atoms with Gasteiger partial charge in [0.05, 0.1) is 6.21 Å². The van der Waals surface area contributed by atoms with Crippen LogP contribution in [0.2, 0.25) is 0 Å². The van der Waals surface area contributed by atoms with Crippen LogP contribution in [0.25, 0.3) is 11.1 Å². The molecule has 1 amide bonds. The van der Waals surface area contributed by atoms with Gasteiger partial charge in [0.2, 0.25) is 0 Å². The molecule has 1 aliphatic rings. The van der Waals surface area contributed by atoms with Crippen molar-refractivity contribution in [2.24, 2.45) is 5.16 Å². The molecule has 0 saturated heterocycles. The Labute approximate surface area is 185 Å². The molecule has 0 spiro atoms. The van der Waals surface area contributed by atoms with E-state index in [-0.39, 0.29) is 19.1 Å². The summed E-state index contributed by atoms with van der Waals surface area (Å²) in [5.74, 6) is -0.0559. The smallest absolute Gasteiger partial charge is 0.407 e. The van der Waals surface area contributed by atoms with E-state index in [0.29, 0.717) is 11.1 Å². The Morgan fingerprint density at radius 2 is 1.66 bits per heavy atom. The molecule has 4 N–H and O–H groups in total. The number of nitrogens with zero attached hydrogens (tertiary/aromatic N) is 1. The van der Waals surface area contributed by atoms with Gasteiger partial charge >= 0.3 is 6.09 Å². The number of benzene rings is 3. The topological polar surface area (TPSA) is 111 Å². The highest BCUT2D eigenvalue weighted by molar-refractivity contribution is 5.80. The number of rotatable bonds is 7. The molecule has 32 heavy (non-hydrogen) atoms. The Hall–Kier alpha value is -3.68. The molecule has 0 aromatic heterocycles. The first kappa shape index (κ1) is 21.5. The van der Waals surface area contributed by atoms with Crippen LogP contribution < -0.4 is 5.32 Å². The molecule has 2 atom stereocenters. The average molecular weight is 432 g/mol. The number of amides is 1. The van der Waals surface area contributed by atoms with Crippen molar-refractivity contribution < 1.29 is 25.0 Å². The summed E-state index contributed by atoms with van der Waals surface area (Å²) in [6.45, 7) is -0.0167. The molecule has 2 unspecified atom stereocenters. The lowest BCUT2D eigenvalue weighted by atomic mass is 9.98. The summed E-state index contributed by atoms with van der Waals surface area (Å²) >= 11 is 0. The van der Waals surface area contributed by atoms with Gasteiger partial charge in [0.1, 0.15) is 18.8 Å². The monoisotopic (exact) mass is 432 g/mol. The van der Waals surface area contributed by atoms with Crippen molar-refractivity contribution in [1.82, 2.24) is 5.32 Å². The van der Waals surface area contributed by atoms with Gasteiger partial charge in [-0.3, -0.25) is 0 Å². The predicted octanol–water partition coefficient (Wildman–Crippen LogP) is 3.43. The second-order valence-corrected chi connectivity index (χ2v) is 7.63. The molecule has 0 radical (unpaired) electrons. The van der Waals surface area contributed by atoms with E-state index in [9.17, 15) is 15.0 Å². The molecular formula is C25H24N2O5. The zero-order valence-corrected chi connectivity index (χ0v) is 17.3. The molecule has 0 bridgehead atoms. The molecule has 0 aliphatic heterocycles. The zero-order valence-electron chi connectivity index (χ0n) is 17.3. The van der Waals surface area contributed by atoms with Crippen LogP contribution in [-0.2, 0) is 4.74 Å². The van der Waals surface area contributed by atoms with E-state index >= 15 is 0 Å². The molecular weight excluding hydrogens is 408 g/mol. The van der Waals surface area contributed by atoms with Crippen LogP contribution in [0.1, 0.15) is 34.3 Å². The summed E-state index contributed by atoms with van der Waals surface area (Å²) in [4.78, 5) is 12.3. The summed E-state index contributed by atoms with van der Waals surface area (Å²) in [5, 5.41) is 34.7. The number of nitrogens with one attached hydrogen (secondary N) is 1. The minimum absolute atomic E-state index is 0.0559. The first-order valence-electron chi connectivity index (χ1n) is 10.3. The summed E-state index contributed by atoms with van der Waals surface area (Å²) in [5.41, 5.74) is 5.52. The maximum Gasteiger partial charge on any atom is 0.407 e. The van der Waals surface area contributed by atoms with Crippen molar-refractivity contribution >= 4 is 12.3 Å². The van der Waals surface area contributed by atoms with Crippen LogP contribution in [0, 0.1) is 0 Å². The number of aliphatic hydroxyl groups excluding tert-OH is 2. The lowest BCUT2D eigenvalue weighted by Crippen LogP contribution is -2.36. The molecule has 3 aromatic rings. The van der Waals surface area contributed by atoms with Crippen molar-refractivity contribution in [2.75, 3.05) is 13.2 Å². The number of oxime groups is 1. The van der Waals surface area contributed by atoms with Gasteiger partial charge in [-0.25, -0.2) is 4.79 Å². The Kier molecular flexibility index (Phi) is 6.49. The third-order valence-corrected chi connectivity index (χ3v) is 5.62. The number of carbonyl (C=O) groups excluding carboxylic acids is 1. The van der Waals surface area contributed by atoms with Crippen molar-refractivity contribution in [3.63, 3.8) is 0 Å². The number of alkyl carbamates (subject to hydrolysis) is 1. The van der Waals surface area contributed by atoms with E-state index in [1.807, 2.05) is 36.4 Å². The van der Waals surface area contributed by atoms with Crippen molar-refractivity contribution in [3.05, 3.63) is 95.1 Å². The molecule has 0 saturated carbocycles. The Morgan fingerprint density at radius 3 is 2.31 bits per heavy atom. The summed E-state index contributed by atoms with van der Waals surface area (Å²) in [6.07, 6.45) is -1.91. The maximum atomic E-state index is 12.3. The van der Waals surface area contributed by atoms with Gasteiger partial charge in [0, 0.05) is 12.5 Å². The number of hydrogen-bond acceptors (Lipinski definition) is 6. The van der Waals surface area contributed by atoms with Gasteiger partial charge in [-0.05, 0) is 39.4 Å². The summed E-state index contributed by atoms with van der Waals surface area (Å²) in [6, 6.07) is 22.7. The second-order valence-electron chi connectivity index (χ2n) is 7.63. The van der Waals surface area contributed by atoms with E-state index in [1.54, 1.807) is 24.3 Å². The summed E-state index contributed by atoms with van der Waals surface area (Å²) in [7, 11) is 0. The summed E-state index contributed by atoms with van der Waals surface area (Å²) < 4.78 is 5.44. The molecule has 7 nitrogen and oxygen atoms in total. The molecule has 0 fully saturated rings. The van der Waals surface area contributed by atoms with Gasteiger partial charge in [-0.2, -0.15) is 0 Å². The minimum atomic E-state index is -1.24. The Balaban J connectivity index is 1.33. The lowest BCUT2D eigenvalue weighted by molar-refractivity contribution is 0.0185. The van der Waals surface area contributed by atoms with Crippen LogP contribution >= 0.6 is 0 Å². The first-order valence-corrected chi connectivity index (χ1v) is 10.3. The molecule has 1 aliphatic carbocycles. The fourth-order valence-corrected chi connectivity index (χ4v) is 4.06. The maximum absolute atomic E-state index is 12.3. The SMILES string of the molecule is O=C(NCC(O)C(O)c1cccc(C=NO)c1)OCC1c2ccccc2-c2ccccc21. The average Bonchev–Trinajstić information content (AvgIpc) is 3.15. The Morgan fingerprint density at radius 1 is 1.00 bits per heavy atom. The number of hydrogen-bond donors (Lipinski definition) is 4. The second kappa shape index (κ2) is 9.64. The highest BCUT2D eigenvalue weighted by Gasteiger charge is 2.29. The molecule has 4 rings (SSSR count). The van der Waals surface area contributed by atoms with Gasteiger partial charge in [0.15, 0.2) is 0 Å². The zero-order chi connectivity index (χ0) is 22.5. The lowest BCUT2D eigenvalue weighted by Gasteiger charge is -2.19. The predicted molar refractivity (Wildman–Crippen MR) is 120 cm³/mol. The van der Waals surface area contributed by atoms with Gasteiger partial charge < -0.3 is 25.5 Å². The molecule has 7 heteroatoms. The van der Waals surface area contributed by atoms with Crippen LogP contribution in [0.3, 0.4) is 0 Å². The van der Waals surface area contributed by atoms with E-state index in [4.69, 9.17) is 9.94 Å². The standard InChI is InChI=1S/C25H24N2O5/c28-23(24(29)17-7-5-6-16(12-17)13-27-31)14-26-25(30)32-15-22-20-10-3-1-8-18(20)19-9-2-4-11-21(19)22/h1-13,22-24,28-29,31H,14-15H2,(H,26,30). The van der Waals surface area contributed by atoms with Crippen molar-refractivity contribution in [2.45, 2.75) is 18.1 Å². The fraction of sp³-hybridized carbons (Fsp3) is 0.200. The van der Waals surface area contributed by atoms with E-state index < -0.39 is 18.3 Å². The largest absolute Gasteiger partial charge is 0.449 e. The quantitative estimate of drug-likeness (QED) is 0.260. The van der Waals surface area contributed by atoms with Crippen LogP contribution in [0.15, 0.2) is 78.0 Å². The van der Waals surface area contributed by atoms with Crippen LogP contribution in [-0.4, -0.2) is 47.0 Å². The highest BCUT2D eigenvalue weighted by atomic mass is 16.5. The van der Waals surface area contributed by atoms with Gasteiger partial charge in [-0.15, -0.1) is 0 Å². The Bertz CT molecular complexity index is 1090. The van der Waals surface area contributed by atoms with E-state index in [1.165, 1.54) is 6.21 Å². The third-order valence-electron chi connectivity index (χ3n) is 5.62. The van der Waals surface area contributed by atoms with Gasteiger partial charge in [0.25, 0.3) is 0 Å². The van der Waals surface area contributed by atoms with E-state index in [0.717, 1.165) is 22.3 Å². The first-order chi connectivity index (χ1) is 15.6. The van der Waals surface area contributed by atoms with Crippen LogP contribution in [0.4, 0.5) is 4.79 Å². The number of fused-ring (bicyclic) bond motifs is 3.